The summed E-state index contributed by atoms with van der Waals surface area (Å²) in [5, 5.41) is 14.5. The lowest BCUT2D eigenvalue weighted by atomic mass is 10.1. The molecule has 1 fully saturated rings. The minimum absolute atomic E-state index is 0.240. The maximum absolute atomic E-state index is 11.4. The molecule has 1 N–H and O–H groups in total. The van der Waals surface area contributed by atoms with E-state index in [1.165, 1.54) is 25.7 Å². The van der Waals surface area contributed by atoms with Crippen molar-refractivity contribution >= 4 is 23.1 Å². The summed E-state index contributed by atoms with van der Waals surface area (Å²) in [5.74, 6) is 1.73. The SMILES string of the molecule is CCCNc1cccc(SCC2CCCC2)c1[N+](=O)[O-]. The number of nitro benzene ring substituents is 1. The third-order valence-corrected chi connectivity index (χ3v) is 4.97. The summed E-state index contributed by atoms with van der Waals surface area (Å²) in [6.07, 6.45) is 6.12. The molecule has 20 heavy (non-hydrogen) atoms. The van der Waals surface area contributed by atoms with E-state index in [0.717, 1.165) is 29.5 Å². The van der Waals surface area contributed by atoms with Gasteiger partial charge in [0.15, 0.2) is 0 Å². The van der Waals surface area contributed by atoms with Crippen molar-refractivity contribution in [2.45, 2.75) is 43.9 Å². The first-order valence-electron chi connectivity index (χ1n) is 7.36. The monoisotopic (exact) mass is 294 g/mol. The Morgan fingerprint density at radius 3 is 2.80 bits per heavy atom. The summed E-state index contributed by atoms with van der Waals surface area (Å²) in [4.78, 5) is 11.9. The molecule has 1 aliphatic carbocycles. The van der Waals surface area contributed by atoms with Gasteiger partial charge < -0.3 is 5.32 Å². The third kappa shape index (κ3) is 3.88. The van der Waals surface area contributed by atoms with Crippen LogP contribution in [0.25, 0.3) is 0 Å². The van der Waals surface area contributed by atoms with Gasteiger partial charge in [-0.25, -0.2) is 0 Å². The summed E-state index contributed by atoms with van der Waals surface area (Å²) in [6.45, 7) is 2.81. The number of para-hydroxylation sites is 1. The average molecular weight is 294 g/mol. The van der Waals surface area contributed by atoms with Crippen molar-refractivity contribution in [1.82, 2.24) is 0 Å². The Labute approximate surface area is 124 Å². The van der Waals surface area contributed by atoms with Crippen LogP contribution in [0.2, 0.25) is 0 Å². The van der Waals surface area contributed by atoms with E-state index in [1.807, 2.05) is 12.1 Å². The molecule has 0 heterocycles. The molecular formula is C15H22N2O2S. The van der Waals surface area contributed by atoms with Crippen molar-refractivity contribution in [1.29, 1.82) is 0 Å². The molecule has 110 valence electrons. The fourth-order valence-electron chi connectivity index (χ4n) is 2.61. The molecule has 4 nitrogen and oxygen atoms in total. The van der Waals surface area contributed by atoms with Crippen molar-refractivity contribution in [2.75, 3.05) is 17.6 Å². The van der Waals surface area contributed by atoms with E-state index >= 15 is 0 Å². The van der Waals surface area contributed by atoms with Crippen LogP contribution in [0.1, 0.15) is 39.0 Å². The lowest BCUT2D eigenvalue weighted by Gasteiger charge is -2.11. The van der Waals surface area contributed by atoms with Gasteiger partial charge >= 0.3 is 5.69 Å². The quantitative estimate of drug-likeness (QED) is 0.450. The second-order valence-corrected chi connectivity index (χ2v) is 6.36. The van der Waals surface area contributed by atoms with Crippen LogP contribution in [0, 0.1) is 16.0 Å². The molecule has 0 spiro atoms. The average Bonchev–Trinajstić information content (AvgIpc) is 2.95. The number of hydrogen-bond donors (Lipinski definition) is 1. The number of nitro groups is 1. The Morgan fingerprint density at radius 2 is 2.15 bits per heavy atom. The number of anilines is 1. The van der Waals surface area contributed by atoms with Gasteiger partial charge in [-0.15, -0.1) is 11.8 Å². The van der Waals surface area contributed by atoms with Crippen molar-refractivity contribution in [3.8, 4) is 0 Å². The Hall–Kier alpha value is -1.23. The highest BCUT2D eigenvalue weighted by molar-refractivity contribution is 7.99. The maximum atomic E-state index is 11.4. The lowest BCUT2D eigenvalue weighted by Crippen LogP contribution is -2.04. The van der Waals surface area contributed by atoms with Crippen LogP contribution in [0.4, 0.5) is 11.4 Å². The summed E-state index contributed by atoms with van der Waals surface area (Å²) in [5.41, 5.74) is 0.886. The normalized spacial score (nSPS) is 15.4. The molecule has 0 saturated heterocycles. The molecule has 0 aromatic heterocycles. The predicted octanol–water partition coefficient (Wildman–Crippen LogP) is 4.70. The van der Waals surface area contributed by atoms with E-state index in [-0.39, 0.29) is 10.6 Å². The first-order valence-corrected chi connectivity index (χ1v) is 8.35. The van der Waals surface area contributed by atoms with Crippen LogP contribution in [-0.4, -0.2) is 17.2 Å². The molecular weight excluding hydrogens is 272 g/mol. The number of thioether (sulfide) groups is 1. The molecule has 1 aromatic carbocycles. The standard InChI is InChI=1S/C15H22N2O2S/c1-2-10-16-13-8-5-9-14(15(13)17(18)19)20-11-12-6-3-4-7-12/h5,8-9,12,16H,2-4,6-7,10-11H2,1H3. The van der Waals surface area contributed by atoms with Gasteiger partial charge in [-0.05, 0) is 37.3 Å². The minimum Gasteiger partial charge on any atom is -0.379 e. The molecule has 5 heteroatoms. The van der Waals surface area contributed by atoms with E-state index in [4.69, 9.17) is 0 Å². The predicted molar refractivity (Wildman–Crippen MR) is 84.6 cm³/mol. The fraction of sp³-hybridized carbons (Fsp3) is 0.600. The van der Waals surface area contributed by atoms with Gasteiger partial charge in [0.2, 0.25) is 0 Å². The Bertz CT molecular complexity index is 459. The van der Waals surface area contributed by atoms with Crippen molar-refractivity contribution in [2.24, 2.45) is 5.92 Å². The van der Waals surface area contributed by atoms with Gasteiger partial charge in [-0.2, -0.15) is 0 Å². The largest absolute Gasteiger partial charge is 0.379 e. The molecule has 0 bridgehead atoms. The zero-order chi connectivity index (χ0) is 14.4. The van der Waals surface area contributed by atoms with Crippen LogP contribution in [0.3, 0.4) is 0 Å². The van der Waals surface area contributed by atoms with Gasteiger partial charge in [-0.1, -0.05) is 25.8 Å². The molecule has 0 radical (unpaired) electrons. The van der Waals surface area contributed by atoms with E-state index in [2.05, 4.69) is 12.2 Å². The van der Waals surface area contributed by atoms with Crippen molar-refractivity contribution in [3.05, 3.63) is 28.3 Å². The van der Waals surface area contributed by atoms with Crippen LogP contribution in [0.5, 0.6) is 0 Å². The van der Waals surface area contributed by atoms with Gasteiger partial charge in [-0.3, -0.25) is 10.1 Å². The number of hydrogen-bond acceptors (Lipinski definition) is 4. The molecule has 1 saturated carbocycles. The highest BCUT2D eigenvalue weighted by Gasteiger charge is 2.22. The van der Waals surface area contributed by atoms with Crippen molar-refractivity contribution in [3.63, 3.8) is 0 Å². The smallest absolute Gasteiger partial charge is 0.305 e. The first kappa shape index (κ1) is 15.2. The topological polar surface area (TPSA) is 55.2 Å². The van der Waals surface area contributed by atoms with Crippen LogP contribution in [0.15, 0.2) is 23.1 Å². The summed E-state index contributed by atoms with van der Waals surface area (Å²) in [7, 11) is 0. The minimum atomic E-state index is -0.255. The Balaban J connectivity index is 2.11. The van der Waals surface area contributed by atoms with E-state index in [1.54, 1.807) is 17.8 Å². The second kappa shape index (κ2) is 7.53. The molecule has 0 amide bonds. The number of nitrogens with one attached hydrogen (secondary N) is 1. The number of nitrogens with zero attached hydrogens (tertiary/aromatic N) is 1. The molecule has 1 aromatic rings. The number of benzene rings is 1. The van der Waals surface area contributed by atoms with Crippen LogP contribution in [-0.2, 0) is 0 Å². The van der Waals surface area contributed by atoms with Crippen LogP contribution < -0.4 is 5.32 Å². The maximum Gasteiger partial charge on any atom is 0.305 e. The third-order valence-electron chi connectivity index (χ3n) is 3.70. The second-order valence-electron chi connectivity index (χ2n) is 5.30. The van der Waals surface area contributed by atoms with E-state index in [9.17, 15) is 10.1 Å². The number of rotatable bonds is 7. The van der Waals surface area contributed by atoms with Crippen LogP contribution >= 0.6 is 11.8 Å². The molecule has 0 unspecified atom stereocenters. The molecule has 0 aliphatic heterocycles. The van der Waals surface area contributed by atoms with Gasteiger partial charge in [0, 0.05) is 12.3 Å². The Morgan fingerprint density at radius 1 is 1.40 bits per heavy atom. The highest BCUT2D eigenvalue weighted by Crippen LogP contribution is 2.38. The first-order chi connectivity index (χ1) is 9.72. The highest BCUT2D eigenvalue weighted by atomic mass is 32.2. The summed E-state index contributed by atoms with van der Waals surface area (Å²) >= 11 is 1.64. The van der Waals surface area contributed by atoms with E-state index < -0.39 is 0 Å². The van der Waals surface area contributed by atoms with E-state index in [0.29, 0.717) is 5.69 Å². The molecule has 0 atom stereocenters. The summed E-state index contributed by atoms with van der Waals surface area (Å²) in [6, 6.07) is 5.57. The van der Waals surface area contributed by atoms with Gasteiger partial charge in [0.05, 0.1) is 9.82 Å². The molecule has 1 aliphatic rings. The summed E-state index contributed by atoms with van der Waals surface area (Å²) < 4.78 is 0. The Kier molecular flexibility index (Phi) is 5.71. The van der Waals surface area contributed by atoms with Gasteiger partial charge in [0.25, 0.3) is 0 Å². The lowest BCUT2D eigenvalue weighted by molar-refractivity contribution is -0.386. The van der Waals surface area contributed by atoms with Crippen molar-refractivity contribution < 1.29 is 4.92 Å². The zero-order valence-corrected chi connectivity index (χ0v) is 12.7. The van der Waals surface area contributed by atoms with Gasteiger partial charge in [0.1, 0.15) is 5.69 Å². The zero-order valence-electron chi connectivity index (χ0n) is 11.9. The molecule has 2 rings (SSSR count). The fourth-order valence-corrected chi connectivity index (χ4v) is 3.86.